The van der Waals surface area contributed by atoms with E-state index in [1.807, 2.05) is 12.1 Å². The lowest BCUT2D eigenvalue weighted by atomic mass is 10.1. The SMILES string of the molecule is O=C(O)c1c(OCCC2CC2)cnc2ccccc12. The molecule has 0 saturated heterocycles. The fourth-order valence-corrected chi connectivity index (χ4v) is 2.20. The molecule has 1 fully saturated rings. The number of rotatable bonds is 5. The fraction of sp³-hybridized carbons (Fsp3) is 0.333. The van der Waals surface area contributed by atoms with Crippen LogP contribution in [-0.2, 0) is 0 Å². The summed E-state index contributed by atoms with van der Waals surface area (Å²) >= 11 is 0. The van der Waals surface area contributed by atoms with Gasteiger partial charge in [-0.15, -0.1) is 0 Å². The summed E-state index contributed by atoms with van der Waals surface area (Å²) in [6, 6.07) is 7.22. The Hall–Kier alpha value is -2.10. The van der Waals surface area contributed by atoms with Gasteiger partial charge in [0, 0.05) is 5.39 Å². The Bertz CT molecular complexity index is 620. The van der Waals surface area contributed by atoms with Crippen molar-refractivity contribution in [2.24, 2.45) is 5.92 Å². The van der Waals surface area contributed by atoms with Gasteiger partial charge in [-0.1, -0.05) is 31.0 Å². The van der Waals surface area contributed by atoms with E-state index in [1.165, 1.54) is 19.0 Å². The van der Waals surface area contributed by atoms with Gasteiger partial charge in [-0.25, -0.2) is 4.79 Å². The van der Waals surface area contributed by atoms with Gasteiger partial charge in [-0.2, -0.15) is 0 Å². The summed E-state index contributed by atoms with van der Waals surface area (Å²) in [4.78, 5) is 15.7. The lowest BCUT2D eigenvalue weighted by Gasteiger charge is -2.10. The van der Waals surface area contributed by atoms with Crippen LogP contribution in [0.15, 0.2) is 30.5 Å². The van der Waals surface area contributed by atoms with Crippen LogP contribution < -0.4 is 4.74 Å². The predicted molar refractivity (Wildman–Crippen MR) is 71.5 cm³/mol. The third kappa shape index (κ3) is 2.52. The van der Waals surface area contributed by atoms with Crippen molar-refractivity contribution >= 4 is 16.9 Å². The quantitative estimate of drug-likeness (QED) is 0.894. The van der Waals surface area contributed by atoms with Crippen molar-refractivity contribution in [3.05, 3.63) is 36.0 Å². The molecule has 0 bridgehead atoms. The molecule has 1 aromatic heterocycles. The van der Waals surface area contributed by atoms with Crippen LogP contribution in [0.25, 0.3) is 10.9 Å². The summed E-state index contributed by atoms with van der Waals surface area (Å²) in [5.74, 6) is 0.161. The van der Waals surface area contributed by atoms with E-state index in [0.29, 0.717) is 23.3 Å². The molecule has 19 heavy (non-hydrogen) atoms. The maximum atomic E-state index is 11.4. The summed E-state index contributed by atoms with van der Waals surface area (Å²) in [6.45, 7) is 0.560. The molecular weight excluding hydrogens is 242 g/mol. The lowest BCUT2D eigenvalue weighted by Crippen LogP contribution is -2.06. The van der Waals surface area contributed by atoms with Gasteiger partial charge in [0.25, 0.3) is 0 Å². The number of aromatic nitrogens is 1. The minimum atomic E-state index is -0.972. The Balaban J connectivity index is 1.92. The Kier molecular flexibility index (Phi) is 3.07. The molecule has 0 atom stereocenters. The molecule has 4 nitrogen and oxygen atoms in total. The van der Waals surface area contributed by atoms with Gasteiger partial charge in [0.2, 0.25) is 0 Å². The summed E-state index contributed by atoms with van der Waals surface area (Å²) in [5, 5.41) is 10.0. The van der Waals surface area contributed by atoms with Gasteiger partial charge in [-0.05, 0) is 18.4 Å². The molecule has 2 aromatic rings. The van der Waals surface area contributed by atoms with Gasteiger partial charge in [0.15, 0.2) is 5.75 Å². The van der Waals surface area contributed by atoms with Crippen LogP contribution in [0.5, 0.6) is 5.75 Å². The monoisotopic (exact) mass is 257 g/mol. The average Bonchev–Trinajstić information content (AvgIpc) is 3.22. The van der Waals surface area contributed by atoms with Crippen LogP contribution in [0.3, 0.4) is 0 Å². The van der Waals surface area contributed by atoms with Crippen molar-refractivity contribution in [1.82, 2.24) is 4.98 Å². The molecule has 0 radical (unpaired) electrons. The summed E-state index contributed by atoms with van der Waals surface area (Å²) in [5.41, 5.74) is 0.885. The van der Waals surface area contributed by atoms with Crippen LogP contribution in [-0.4, -0.2) is 22.7 Å². The van der Waals surface area contributed by atoms with E-state index in [-0.39, 0.29) is 5.56 Å². The van der Waals surface area contributed by atoms with Crippen molar-refractivity contribution < 1.29 is 14.6 Å². The predicted octanol–water partition coefficient (Wildman–Crippen LogP) is 3.11. The number of carbonyl (C=O) groups is 1. The number of hydrogen-bond donors (Lipinski definition) is 1. The number of nitrogens with zero attached hydrogens (tertiary/aromatic N) is 1. The minimum absolute atomic E-state index is 0.210. The first-order valence-corrected chi connectivity index (χ1v) is 6.49. The van der Waals surface area contributed by atoms with E-state index < -0.39 is 5.97 Å². The van der Waals surface area contributed by atoms with Gasteiger partial charge in [-0.3, -0.25) is 4.98 Å². The zero-order valence-corrected chi connectivity index (χ0v) is 10.5. The lowest BCUT2D eigenvalue weighted by molar-refractivity contribution is 0.0694. The maximum absolute atomic E-state index is 11.4. The zero-order chi connectivity index (χ0) is 13.2. The Morgan fingerprint density at radius 3 is 2.89 bits per heavy atom. The van der Waals surface area contributed by atoms with E-state index in [9.17, 15) is 9.90 Å². The number of aromatic carboxylic acids is 1. The molecule has 3 rings (SSSR count). The van der Waals surface area contributed by atoms with Crippen LogP contribution in [0.4, 0.5) is 0 Å². The number of para-hydroxylation sites is 1. The molecule has 0 spiro atoms. The molecule has 0 aliphatic heterocycles. The molecule has 1 aromatic carbocycles. The molecule has 1 heterocycles. The molecule has 1 saturated carbocycles. The van der Waals surface area contributed by atoms with Gasteiger partial charge >= 0.3 is 5.97 Å². The standard InChI is InChI=1S/C15H15NO3/c17-15(18)14-11-3-1-2-4-12(11)16-9-13(14)19-8-7-10-5-6-10/h1-4,9-10H,5-8H2,(H,17,18). The second-order valence-corrected chi connectivity index (χ2v) is 4.90. The highest BCUT2D eigenvalue weighted by Gasteiger charge is 2.22. The van der Waals surface area contributed by atoms with Crippen molar-refractivity contribution in [2.75, 3.05) is 6.61 Å². The highest BCUT2D eigenvalue weighted by atomic mass is 16.5. The third-order valence-electron chi connectivity index (χ3n) is 3.44. The molecule has 0 amide bonds. The van der Waals surface area contributed by atoms with Crippen LogP contribution in [0.1, 0.15) is 29.6 Å². The van der Waals surface area contributed by atoms with Crippen LogP contribution in [0, 0.1) is 5.92 Å². The number of fused-ring (bicyclic) bond motifs is 1. The molecular formula is C15H15NO3. The summed E-state index contributed by atoms with van der Waals surface area (Å²) < 4.78 is 5.61. The number of hydrogen-bond acceptors (Lipinski definition) is 3. The van der Waals surface area contributed by atoms with E-state index in [1.54, 1.807) is 12.1 Å². The third-order valence-corrected chi connectivity index (χ3v) is 3.44. The molecule has 98 valence electrons. The highest BCUT2D eigenvalue weighted by Crippen LogP contribution is 2.33. The molecule has 4 heteroatoms. The Morgan fingerprint density at radius 1 is 1.37 bits per heavy atom. The maximum Gasteiger partial charge on any atom is 0.340 e. The van der Waals surface area contributed by atoms with Crippen molar-refractivity contribution in [3.63, 3.8) is 0 Å². The van der Waals surface area contributed by atoms with E-state index in [0.717, 1.165) is 12.3 Å². The normalized spacial score (nSPS) is 14.5. The zero-order valence-electron chi connectivity index (χ0n) is 10.5. The number of carboxylic acids is 1. The second-order valence-electron chi connectivity index (χ2n) is 4.90. The van der Waals surface area contributed by atoms with Crippen LogP contribution in [0.2, 0.25) is 0 Å². The highest BCUT2D eigenvalue weighted by molar-refractivity contribution is 6.04. The van der Waals surface area contributed by atoms with E-state index in [2.05, 4.69) is 4.98 Å². The van der Waals surface area contributed by atoms with Crippen molar-refractivity contribution in [1.29, 1.82) is 0 Å². The van der Waals surface area contributed by atoms with Gasteiger partial charge in [0.1, 0.15) is 5.56 Å². The largest absolute Gasteiger partial charge is 0.491 e. The van der Waals surface area contributed by atoms with Crippen LogP contribution >= 0.6 is 0 Å². The molecule has 1 aliphatic carbocycles. The first kappa shape index (κ1) is 12.0. The first-order chi connectivity index (χ1) is 9.25. The summed E-state index contributed by atoms with van der Waals surface area (Å²) in [6.07, 6.45) is 5.04. The van der Waals surface area contributed by atoms with E-state index >= 15 is 0 Å². The summed E-state index contributed by atoms with van der Waals surface area (Å²) in [7, 11) is 0. The molecule has 0 unspecified atom stereocenters. The number of ether oxygens (including phenoxy) is 1. The smallest absolute Gasteiger partial charge is 0.340 e. The van der Waals surface area contributed by atoms with E-state index in [4.69, 9.17) is 4.74 Å². The second kappa shape index (κ2) is 4.88. The topological polar surface area (TPSA) is 59.4 Å². The Morgan fingerprint density at radius 2 is 2.16 bits per heavy atom. The molecule has 1 N–H and O–H groups in total. The molecule has 1 aliphatic rings. The average molecular weight is 257 g/mol. The fourth-order valence-electron chi connectivity index (χ4n) is 2.20. The minimum Gasteiger partial charge on any atom is -0.491 e. The Labute approximate surface area is 111 Å². The van der Waals surface area contributed by atoms with Gasteiger partial charge in [0.05, 0.1) is 18.3 Å². The van der Waals surface area contributed by atoms with Crippen molar-refractivity contribution in [2.45, 2.75) is 19.3 Å². The van der Waals surface area contributed by atoms with Crippen molar-refractivity contribution in [3.8, 4) is 5.75 Å². The van der Waals surface area contributed by atoms with Gasteiger partial charge < -0.3 is 9.84 Å². The number of pyridine rings is 1. The number of carboxylic acid groups (broad SMARTS) is 1. The first-order valence-electron chi connectivity index (χ1n) is 6.49. The number of benzene rings is 1.